The van der Waals surface area contributed by atoms with E-state index in [1.165, 1.54) is 16.8 Å². The van der Waals surface area contributed by atoms with Crippen LogP contribution in [-0.2, 0) is 14.4 Å². The van der Waals surface area contributed by atoms with Gasteiger partial charge in [0.25, 0.3) is 0 Å². The monoisotopic (exact) mass is 318 g/mol. The number of fused-ring (bicyclic) bond motifs is 5. The van der Waals surface area contributed by atoms with Crippen molar-refractivity contribution in [1.29, 1.82) is 0 Å². The van der Waals surface area contributed by atoms with E-state index in [9.17, 15) is 14.4 Å². The summed E-state index contributed by atoms with van der Waals surface area (Å²) in [5.74, 6) is -1.11. The van der Waals surface area contributed by atoms with Gasteiger partial charge in [-0.15, -0.1) is 10.2 Å². The number of likely N-dealkylation sites (tertiary alicyclic amines) is 1. The molecule has 3 aliphatic rings. The zero-order valence-electron chi connectivity index (χ0n) is 11.8. The van der Waals surface area contributed by atoms with E-state index >= 15 is 0 Å². The van der Waals surface area contributed by atoms with Crippen LogP contribution in [0, 0.1) is 23.7 Å². The molecule has 0 unspecified atom stereocenters. The Morgan fingerprint density at radius 1 is 1.32 bits per heavy atom. The average Bonchev–Trinajstić information content (AvgIpc) is 3.24. The molecule has 4 rings (SSSR count). The minimum Gasteiger partial charge on any atom is -0.299 e. The molecule has 7 nitrogen and oxygen atoms in total. The molecule has 0 spiro atoms. The van der Waals surface area contributed by atoms with Crippen LogP contribution in [0.4, 0.5) is 5.13 Å². The lowest BCUT2D eigenvalue weighted by atomic mass is 9.85. The number of rotatable bonds is 3. The van der Waals surface area contributed by atoms with E-state index in [1.54, 1.807) is 6.92 Å². The molecule has 1 saturated heterocycles. The van der Waals surface area contributed by atoms with Crippen molar-refractivity contribution in [2.75, 3.05) is 5.32 Å². The summed E-state index contributed by atoms with van der Waals surface area (Å²) in [5, 5.41) is 10.3. The van der Waals surface area contributed by atoms with Gasteiger partial charge in [-0.3, -0.25) is 24.6 Å². The van der Waals surface area contributed by atoms with E-state index < -0.39 is 11.9 Å². The van der Waals surface area contributed by atoms with E-state index in [0.717, 1.165) is 11.3 Å². The van der Waals surface area contributed by atoms with Crippen LogP contribution < -0.4 is 5.32 Å². The summed E-state index contributed by atoms with van der Waals surface area (Å²) in [7, 11) is 0. The van der Waals surface area contributed by atoms with Crippen molar-refractivity contribution in [3.63, 3.8) is 0 Å². The number of nitrogens with one attached hydrogen (secondary N) is 1. The topological polar surface area (TPSA) is 92.3 Å². The van der Waals surface area contributed by atoms with Gasteiger partial charge in [-0.25, -0.2) is 0 Å². The van der Waals surface area contributed by atoms with Crippen LogP contribution in [0.25, 0.3) is 0 Å². The summed E-state index contributed by atoms with van der Waals surface area (Å²) in [4.78, 5) is 38.6. The van der Waals surface area contributed by atoms with Crippen LogP contribution in [0.3, 0.4) is 0 Å². The van der Waals surface area contributed by atoms with E-state index in [1.807, 2.05) is 12.2 Å². The Balaban J connectivity index is 1.54. The average molecular weight is 318 g/mol. The molecule has 3 amide bonds. The van der Waals surface area contributed by atoms with Crippen LogP contribution >= 0.6 is 11.3 Å². The second-order valence-electron chi connectivity index (χ2n) is 5.96. The number of aromatic nitrogens is 2. The lowest BCUT2D eigenvalue weighted by molar-refractivity contribution is -0.146. The number of imide groups is 1. The Bertz CT molecular complexity index is 656. The Hall–Kier alpha value is -2.09. The molecule has 1 aromatic heterocycles. The van der Waals surface area contributed by atoms with Crippen molar-refractivity contribution in [3.8, 4) is 0 Å². The van der Waals surface area contributed by atoms with E-state index in [4.69, 9.17) is 0 Å². The largest absolute Gasteiger partial charge is 0.299 e. The quantitative estimate of drug-likeness (QED) is 0.653. The number of hydrogen-bond donors (Lipinski definition) is 1. The second-order valence-corrected chi connectivity index (χ2v) is 6.79. The number of allylic oxidation sites excluding steroid dienone is 2. The molecule has 0 radical (unpaired) electrons. The molecule has 1 N–H and O–H groups in total. The van der Waals surface area contributed by atoms with Gasteiger partial charge in [-0.05, 0) is 25.2 Å². The van der Waals surface area contributed by atoms with Gasteiger partial charge in [0.1, 0.15) is 11.6 Å². The molecule has 2 fully saturated rings. The molecule has 114 valence electrons. The van der Waals surface area contributed by atoms with Gasteiger partial charge in [0.2, 0.25) is 22.9 Å². The summed E-state index contributed by atoms with van der Waals surface area (Å²) in [6.45, 7) is 1.57. The van der Waals surface area contributed by atoms with Crippen LogP contribution in [0.2, 0.25) is 0 Å². The Labute approximate surface area is 130 Å². The predicted molar refractivity (Wildman–Crippen MR) is 77.6 cm³/mol. The van der Waals surface area contributed by atoms with Crippen molar-refractivity contribution < 1.29 is 14.4 Å². The first-order valence-corrected chi connectivity index (χ1v) is 8.08. The van der Waals surface area contributed by atoms with Crippen LogP contribution in [0.15, 0.2) is 17.7 Å². The van der Waals surface area contributed by atoms with Gasteiger partial charge in [0, 0.05) is 0 Å². The molecular formula is C14H14N4O3S. The number of amides is 3. The Morgan fingerprint density at radius 3 is 2.50 bits per heavy atom. The zero-order chi connectivity index (χ0) is 15.4. The zero-order valence-corrected chi connectivity index (χ0v) is 12.6. The van der Waals surface area contributed by atoms with Crippen molar-refractivity contribution in [2.24, 2.45) is 23.7 Å². The van der Waals surface area contributed by atoms with E-state index in [0.29, 0.717) is 5.13 Å². The van der Waals surface area contributed by atoms with E-state index in [2.05, 4.69) is 15.5 Å². The molecule has 22 heavy (non-hydrogen) atoms. The van der Waals surface area contributed by atoms with Crippen molar-refractivity contribution in [1.82, 2.24) is 15.1 Å². The third kappa shape index (κ3) is 1.76. The van der Waals surface area contributed by atoms with Crippen molar-refractivity contribution in [2.45, 2.75) is 19.4 Å². The van der Waals surface area contributed by atoms with Gasteiger partial charge in [0.15, 0.2) is 0 Å². The summed E-state index contributed by atoms with van der Waals surface area (Å²) >= 11 is 1.19. The van der Waals surface area contributed by atoms with Gasteiger partial charge >= 0.3 is 0 Å². The maximum atomic E-state index is 12.6. The fourth-order valence-corrected chi connectivity index (χ4v) is 4.31. The highest BCUT2D eigenvalue weighted by Gasteiger charge is 2.60. The molecule has 2 aliphatic carbocycles. The van der Waals surface area contributed by atoms with Crippen LogP contribution in [0.1, 0.15) is 13.3 Å². The summed E-state index contributed by atoms with van der Waals surface area (Å²) in [6.07, 6.45) is 4.95. The summed E-state index contributed by atoms with van der Waals surface area (Å²) in [6, 6.07) is -0.839. The van der Waals surface area contributed by atoms with Crippen molar-refractivity contribution >= 4 is 34.2 Å². The molecule has 1 aromatic rings. The molecule has 2 heterocycles. The third-order valence-corrected chi connectivity index (χ3v) is 5.47. The van der Waals surface area contributed by atoms with Crippen LogP contribution in [-0.4, -0.2) is 38.9 Å². The first kappa shape index (κ1) is 13.6. The standard InChI is InChI=1S/C14H14N4O3S/c1-6(11(19)16-14-17-15-5-22-14)18-12(20)9-7-2-3-8(4-7)10(9)13(18)21/h2-3,5-10H,4H2,1H3,(H,16,17,19)/t6-,7-,8-,9-,10+/m0/s1. The lowest BCUT2D eigenvalue weighted by Gasteiger charge is -2.23. The van der Waals surface area contributed by atoms with Crippen LogP contribution in [0.5, 0.6) is 0 Å². The normalized spacial score (nSPS) is 33.4. The Morgan fingerprint density at radius 2 is 1.95 bits per heavy atom. The minimum absolute atomic E-state index is 0.148. The number of nitrogens with zero attached hydrogens (tertiary/aromatic N) is 3. The van der Waals surface area contributed by atoms with Gasteiger partial charge in [0.05, 0.1) is 11.8 Å². The number of carbonyl (C=O) groups excluding carboxylic acids is 3. The highest BCUT2D eigenvalue weighted by Crippen LogP contribution is 2.52. The number of carbonyl (C=O) groups is 3. The highest BCUT2D eigenvalue weighted by atomic mass is 32.1. The number of hydrogen-bond acceptors (Lipinski definition) is 6. The lowest BCUT2D eigenvalue weighted by Crippen LogP contribution is -2.46. The predicted octanol–water partition coefficient (Wildman–Crippen LogP) is 0.672. The molecule has 5 atom stereocenters. The minimum atomic E-state index is -0.839. The molecule has 1 aliphatic heterocycles. The van der Waals surface area contributed by atoms with Crippen molar-refractivity contribution in [3.05, 3.63) is 17.7 Å². The smallest absolute Gasteiger partial charge is 0.249 e. The maximum absolute atomic E-state index is 12.6. The van der Waals surface area contributed by atoms with Gasteiger partial charge in [-0.2, -0.15) is 0 Å². The number of anilines is 1. The molecule has 1 saturated carbocycles. The first-order chi connectivity index (χ1) is 10.6. The second kappa shape index (κ2) is 4.70. The summed E-state index contributed by atoms with van der Waals surface area (Å²) < 4.78 is 0. The molecule has 8 heteroatoms. The Kier molecular flexibility index (Phi) is 2.90. The SMILES string of the molecule is C[C@@H](C(=O)Nc1nncs1)N1C(=O)[C@@H]2[C@H](C1=O)[C@H]1C=C[C@H]2C1. The van der Waals surface area contributed by atoms with E-state index in [-0.39, 0.29) is 35.5 Å². The molecular weight excluding hydrogens is 304 g/mol. The fourth-order valence-electron chi connectivity index (χ4n) is 3.86. The first-order valence-electron chi connectivity index (χ1n) is 7.20. The van der Waals surface area contributed by atoms with Gasteiger partial charge < -0.3 is 0 Å². The highest BCUT2D eigenvalue weighted by molar-refractivity contribution is 7.13. The molecule has 0 aromatic carbocycles. The maximum Gasteiger partial charge on any atom is 0.249 e. The summed E-state index contributed by atoms with van der Waals surface area (Å²) in [5.41, 5.74) is 1.50. The fraction of sp³-hybridized carbons (Fsp3) is 0.500. The van der Waals surface area contributed by atoms with Gasteiger partial charge in [-0.1, -0.05) is 23.5 Å². The third-order valence-electron chi connectivity index (χ3n) is 4.86. The molecule has 2 bridgehead atoms.